The van der Waals surface area contributed by atoms with E-state index in [1.54, 1.807) is 30.3 Å². The van der Waals surface area contributed by atoms with Crippen LogP contribution in [0.2, 0.25) is 0 Å². The summed E-state index contributed by atoms with van der Waals surface area (Å²) in [7, 11) is 0. The van der Waals surface area contributed by atoms with Crippen LogP contribution >= 0.6 is 0 Å². The van der Waals surface area contributed by atoms with Gasteiger partial charge in [0.15, 0.2) is 0 Å². The highest BCUT2D eigenvalue weighted by Gasteiger charge is 2.01. The molecule has 18 heavy (non-hydrogen) atoms. The number of primary amides is 1. The summed E-state index contributed by atoms with van der Waals surface area (Å²) in [6, 6.07) is 13.2. The largest absolute Gasteiger partial charge is 0.381 e. The second-order valence-electron chi connectivity index (χ2n) is 3.93. The van der Waals surface area contributed by atoms with Crippen molar-refractivity contribution in [2.45, 2.75) is 6.54 Å². The minimum atomic E-state index is -0.446. The minimum absolute atomic E-state index is 0.267. The molecular formula is C14H13FN2O. The Bertz CT molecular complexity index is 552. The smallest absolute Gasteiger partial charge is 0.248 e. The SMILES string of the molecule is NC(=O)c1cccc(CNc2ccc(F)cc2)c1. The number of hydrogen-bond acceptors (Lipinski definition) is 2. The van der Waals surface area contributed by atoms with Gasteiger partial charge >= 0.3 is 0 Å². The molecule has 0 aromatic heterocycles. The minimum Gasteiger partial charge on any atom is -0.381 e. The molecule has 3 nitrogen and oxygen atoms in total. The van der Waals surface area contributed by atoms with Crippen molar-refractivity contribution in [3.63, 3.8) is 0 Å². The van der Waals surface area contributed by atoms with Gasteiger partial charge in [0.2, 0.25) is 5.91 Å². The van der Waals surface area contributed by atoms with Crippen LogP contribution in [0.1, 0.15) is 15.9 Å². The van der Waals surface area contributed by atoms with Crippen LogP contribution in [0.4, 0.5) is 10.1 Å². The molecule has 0 spiro atoms. The van der Waals surface area contributed by atoms with Crippen LogP contribution in [0.25, 0.3) is 0 Å². The highest BCUT2D eigenvalue weighted by Crippen LogP contribution is 2.11. The van der Waals surface area contributed by atoms with E-state index in [0.29, 0.717) is 12.1 Å². The van der Waals surface area contributed by atoms with Crippen molar-refractivity contribution in [2.75, 3.05) is 5.32 Å². The number of carbonyl (C=O) groups excluding carboxylic acids is 1. The van der Waals surface area contributed by atoms with Crippen LogP contribution in [0.15, 0.2) is 48.5 Å². The lowest BCUT2D eigenvalue weighted by molar-refractivity contribution is 0.1000. The summed E-state index contributed by atoms with van der Waals surface area (Å²) in [6.45, 7) is 0.548. The first kappa shape index (κ1) is 12.1. The van der Waals surface area contributed by atoms with Gasteiger partial charge in [-0.1, -0.05) is 12.1 Å². The van der Waals surface area contributed by atoms with E-state index in [1.165, 1.54) is 12.1 Å². The normalized spacial score (nSPS) is 10.1. The molecule has 92 valence electrons. The number of benzene rings is 2. The molecule has 0 heterocycles. The number of nitrogens with one attached hydrogen (secondary N) is 1. The summed E-state index contributed by atoms with van der Waals surface area (Å²) in [4.78, 5) is 11.0. The first-order valence-corrected chi connectivity index (χ1v) is 5.53. The third kappa shape index (κ3) is 3.07. The van der Waals surface area contributed by atoms with Crippen LogP contribution in [0.3, 0.4) is 0 Å². The second-order valence-corrected chi connectivity index (χ2v) is 3.93. The van der Waals surface area contributed by atoms with Gasteiger partial charge in [0, 0.05) is 17.8 Å². The molecule has 0 saturated carbocycles. The molecule has 1 amide bonds. The average Bonchev–Trinajstić information content (AvgIpc) is 2.38. The number of carbonyl (C=O) groups is 1. The molecule has 0 fully saturated rings. The fraction of sp³-hybridized carbons (Fsp3) is 0.0714. The monoisotopic (exact) mass is 244 g/mol. The summed E-state index contributed by atoms with van der Waals surface area (Å²) in [5.74, 6) is -0.713. The molecule has 2 rings (SSSR count). The van der Waals surface area contributed by atoms with Gasteiger partial charge in [-0.3, -0.25) is 4.79 Å². The second kappa shape index (κ2) is 5.31. The van der Waals surface area contributed by atoms with Crippen LogP contribution < -0.4 is 11.1 Å². The maximum Gasteiger partial charge on any atom is 0.248 e. The molecule has 0 aliphatic rings. The van der Waals surface area contributed by atoms with E-state index >= 15 is 0 Å². The van der Waals surface area contributed by atoms with Gasteiger partial charge in [0.1, 0.15) is 5.82 Å². The van der Waals surface area contributed by atoms with Gasteiger partial charge in [-0.05, 0) is 42.0 Å². The van der Waals surface area contributed by atoms with Gasteiger partial charge in [-0.2, -0.15) is 0 Å². The van der Waals surface area contributed by atoms with Crippen molar-refractivity contribution >= 4 is 11.6 Å². The third-order valence-corrected chi connectivity index (χ3v) is 2.55. The molecule has 0 bridgehead atoms. The number of nitrogens with two attached hydrogens (primary N) is 1. The molecular weight excluding hydrogens is 231 g/mol. The zero-order valence-corrected chi connectivity index (χ0v) is 9.69. The van der Waals surface area contributed by atoms with Crippen molar-refractivity contribution < 1.29 is 9.18 Å². The molecule has 0 saturated heterocycles. The van der Waals surface area contributed by atoms with Gasteiger partial charge in [-0.25, -0.2) is 4.39 Å². The highest BCUT2D eigenvalue weighted by atomic mass is 19.1. The Balaban J connectivity index is 2.04. The standard InChI is InChI=1S/C14H13FN2O/c15-12-4-6-13(7-5-12)17-9-10-2-1-3-11(8-10)14(16)18/h1-8,17H,9H2,(H2,16,18). The molecule has 4 heteroatoms. The molecule has 0 atom stereocenters. The molecule has 2 aromatic carbocycles. The summed E-state index contributed by atoms with van der Waals surface area (Å²) >= 11 is 0. The Kier molecular flexibility index (Phi) is 3.57. The fourth-order valence-electron chi connectivity index (χ4n) is 1.61. The van der Waals surface area contributed by atoms with E-state index in [4.69, 9.17) is 5.73 Å². The van der Waals surface area contributed by atoms with E-state index in [-0.39, 0.29) is 5.82 Å². The van der Waals surface area contributed by atoms with Crippen molar-refractivity contribution in [2.24, 2.45) is 5.73 Å². The lowest BCUT2D eigenvalue weighted by Crippen LogP contribution is -2.11. The summed E-state index contributed by atoms with van der Waals surface area (Å²) in [6.07, 6.45) is 0. The fourth-order valence-corrected chi connectivity index (χ4v) is 1.61. The first-order chi connectivity index (χ1) is 8.65. The summed E-state index contributed by atoms with van der Waals surface area (Å²) in [5, 5.41) is 3.14. The summed E-state index contributed by atoms with van der Waals surface area (Å²) in [5.41, 5.74) is 7.45. The Labute approximate surface area is 104 Å². The van der Waals surface area contributed by atoms with Crippen LogP contribution in [0.5, 0.6) is 0 Å². The van der Waals surface area contributed by atoms with E-state index in [2.05, 4.69) is 5.32 Å². The van der Waals surface area contributed by atoms with Crippen LogP contribution in [-0.2, 0) is 6.54 Å². The predicted octanol–water partition coefficient (Wildman–Crippen LogP) is 2.54. The third-order valence-electron chi connectivity index (χ3n) is 2.55. The Morgan fingerprint density at radius 1 is 1.17 bits per heavy atom. The number of halogens is 1. The Hall–Kier alpha value is -2.36. The Morgan fingerprint density at radius 3 is 2.56 bits per heavy atom. The van der Waals surface area contributed by atoms with Crippen molar-refractivity contribution in [1.82, 2.24) is 0 Å². The molecule has 0 unspecified atom stereocenters. The lowest BCUT2D eigenvalue weighted by Gasteiger charge is -2.07. The molecule has 3 N–H and O–H groups in total. The van der Waals surface area contributed by atoms with Crippen LogP contribution in [0, 0.1) is 5.82 Å². The van der Waals surface area contributed by atoms with Gasteiger partial charge < -0.3 is 11.1 Å². The molecule has 0 aliphatic heterocycles. The van der Waals surface area contributed by atoms with E-state index in [9.17, 15) is 9.18 Å². The van der Waals surface area contributed by atoms with Crippen molar-refractivity contribution in [1.29, 1.82) is 0 Å². The van der Waals surface area contributed by atoms with E-state index < -0.39 is 5.91 Å². The number of rotatable bonds is 4. The zero-order chi connectivity index (χ0) is 13.0. The maximum atomic E-state index is 12.7. The number of anilines is 1. The quantitative estimate of drug-likeness (QED) is 0.868. The van der Waals surface area contributed by atoms with Crippen molar-refractivity contribution in [3.8, 4) is 0 Å². The zero-order valence-electron chi connectivity index (χ0n) is 9.69. The number of hydrogen-bond donors (Lipinski definition) is 2. The summed E-state index contributed by atoms with van der Waals surface area (Å²) < 4.78 is 12.7. The predicted molar refractivity (Wildman–Crippen MR) is 68.7 cm³/mol. The molecule has 0 radical (unpaired) electrons. The van der Waals surface area contributed by atoms with Gasteiger partial charge in [-0.15, -0.1) is 0 Å². The van der Waals surface area contributed by atoms with E-state index in [1.807, 2.05) is 6.07 Å². The topological polar surface area (TPSA) is 55.1 Å². The van der Waals surface area contributed by atoms with E-state index in [0.717, 1.165) is 11.3 Å². The molecule has 0 aliphatic carbocycles. The van der Waals surface area contributed by atoms with Crippen LogP contribution in [-0.4, -0.2) is 5.91 Å². The maximum absolute atomic E-state index is 12.7. The van der Waals surface area contributed by atoms with Gasteiger partial charge in [0.25, 0.3) is 0 Å². The molecule has 2 aromatic rings. The lowest BCUT2D eigenvalue weighted by atomic mass is 10.1. The van der Waals surface area contributed by atoms with Crippen molar-refractivity contribution in [3.05, 3.63) is 65.5 Å². The highest BCUT2D eigenvalue weighted by molar-refractivity contribution is 5.92. The first-order valence-electron chi connectivity index (χ1n) is 5.53. The Morgan fingerprint density at radius 2 is 1.89 bits per heavy atom. The average molecular weight is 244 g/mol. The number of amides is 1. The van der Waals surface area contributed by atoms with Gasteiger partial charge in [0.05, 0.1) is 0 Å².